The molecule has 2 rings (SSSR count). The van der Waals surface area contributed by atoms with Crippen molar-refractivity contribution >= 4 is 5.91 Å². The summed E-state index contributed by atoms with van der Waals surface area (Å²) in [6.45, 7) is 3.33. The molecule has 0 aromatic heterocycles. The van der Waals surface area contributed by atoms with E-state index in [1.165, 1.54) is 12.1 Å². The normalized spacial score (nSPS) is 19.8. The second kappa shape index (κ2) is 7.86. The molecule has 1 amide bonds. The third-order valence-corrected chi connectivity index (χ3v) is 4.42. The SMILES string of the molecule is COC1(C(=O)NC(C)CC(O)c2ccc(F)cc2)CCNCC1. The molecule has 0 bridgehead atoms. The lowest BCUT2D eigenvalue weighted by Crippen LogP contribution is -2.55. The first-order valence-electron chi connectivity index (χ1n) is 7.97. The Morgan fingerprint density at radius 1 is 1.39 bits per heavy atom. The molecule has 1 aromatic carbocycles. The lowest BCUT2D eigenvalue weighted by molar-refractivity contribution is -0.147. The minimum atomic E-state index is -0.791. The topological polar surface area (TPSA) is 70.6 Å². The van der Waals surface area contributed by atoms with Crippen LogP contribution in [-0.2, 0) is 9.53 Å². The van der Waals surface area contributed by atoms with E-state index in [2.05, 4.69) is 10.6 Å². The summed E-state index contributed by atoms with van der Waals surface area (Å²) in [5.41, 5.74) is -0.156. The fourth-order valence-electron chi connectivity index (χ4n) is 2.92. The van der Waals surface area contributed by atoms with Gasteiger partial charge in [-0.05, 0) is 57.0 Å². The van der Waals surface area contributed by atoms with Gasteiger partial charge in [0.2, 0.25) is 0 Å². The van der Waals surface area contributed by atoms with Gasteiger partial charge in [-0.3, -0.25) is 4.79 Å². The molecule has 128 valence electrons. The largest absolute Gasteiger partial charge is 0.388 e. The number of methoxy groups -OCH3 is 1. The van der Waals surface area contributed by atoms with Gasteiger partial charge in [0, 0.05) is 13.2 Å². The second-order valence-electron chi connectivity index (χ2n) is 6.13. The molecule has 1 aliphatic rings. The van der Waals surface area contributed by atoms with Gasteiger partial charge >= 0.3 is 0 Å². The van der Waals surface area contributed by atoms with Crippen LogP contribution in [0.5, 0.6) is 0 Å². The number of hydrogen-bond acceptors (Lipinski definition) is 4. The van der Waals surface area contributed by atoms with E-state index in [4.69, 9.17) is 4.74 Å². The monoisotopic (exact) mass is 324 g/mol. The molecular formula is C17H25FN2O3. The Labute approximate surface area is 136 Å². The molecule has 1 saturated heterocycles. The summed E-state index contributed by atoms with van der Waals surface area (Å²) < 4.78 is 18.4. The van der Waals surface area contributed by atoms with E-state index in [-0.39, 0.29) is 17.8 Å². The highest BCUT2D eigenvalue weighted by Crippen LogP contribution is 2.24. The third kappa shape index (κ3) is 4.50. The number of benzene rings is 1. The van der Waals surface area contributed by atoms with Crippen LogP contribution in [0, 0.1) is 5.82 Å². The zero-order chi connectivity index (χ0) is 16.9. The Hall–Kier alpha value is -1.50. The summed E-state index contributed by atoms with van der Waals surface area (Å²) in [6.07, 6.45) is 0.859. The number of piperidine rings is 1. The minimum absolute atomic E-state index is 0.139. The standard InChI is InChI=1S/C17H25FN2O3/c1-12(11-15(21)13-3-5-14(18)6-4-13)20-16(22)17(23-2)7-9-19-10-8-17/h3-6,12,15,19,21H,7-11H2,1-2H3,(H,20,22). The van der Waals surface area contributed by atoms with Gasteiger partial charge in [-0.15, -0.1) is 0 Å². The smallest absolute Gasteiger partial charge is 0.252 e. The maximum atomic E-state index is 12.9. The number of carbonyl (C=O) groups is 1. The van der Waals surface area contributed by atoms with Crippen molar-refractivity contribution < 1.29 is 19.0 Å². The van der Waals surface area contributed by atoms with Crippen molar-refractivity contribution in [2.75, 3.05) is 20.2 Å². The summed E-state index contributed by atoms with van der Waals surface area (Å²) in [4.78, 5) is 12.5. The molecule has 6 heteroatoms. The second-order valence-corrected chi connectivity index (χ2v) is 6.13. The maximum Gasteiger partial charge on any atom is 0.252 e. The quantitative estimate of drug-likeness (QED) is 0.742. The van der Waals surface area contributed by atoms with Crippen molar-refractivity contribution in [1.82, 2.24) is 10.6 Å². The van der Waals surface area contributed by atoms with Gasteiger partial charge in [-0.2, -0.15) is 0 Å². The molecule has 2 atom stereocenters. The first kappa shape index (κ1) is 17.8. The highest BCUT2D eigenvalue weighted by Gasteiger charge is 2.40. The van der Waals surface area contributed by atoms with Gasteiger partial charge in [0.25, 0.3) is 5.91 Å². The number of hydrogen-bond donors (Lipinski definition) is 3. The highest BCUT2D eigenvalue weighted by molar-refractivity contribution is 5.85. The fraction of sp³-hybridized carbons (Fsp3) is 0.588. The van der Waals surface area contributed by atoms with Crippen LogP contribution in [0.4, 0.5) is 4.39 Å². The molecule has 1 heterocycles. The number of aliphatic hydroxyl groups is 1. The van der Waals surface area contributed by atoms with Crippen LogP contribution in [0.2, 0.25) is 0 Å². The zero-order valence-corrected chi connectivity index (χ0v) is 13.6. The Bertz CT molecular complexity index is 515. The van der Waals surface area contributed by atoms with Crippen molar-refractivity contribution in [1.29, 1.82) is 0 Å². The Kier molecular flexibility index (Phi) is 6.10. The number of nitrogens with one attached hydrogen (secondary N) is 2. The number of rotatable bonds is 6. The molecule has 1 aliphatic heterocycles. The van der Waals surface area contributed by atoms with Crippen LogP contribution < -0.4 is 10.6 Å². The van der Waals surface area contributed by atoms with E-state index >= 15 is 0 Å². The summed E-state index contributed by atoms with van der Waals surface area (Å²) in [6, 6.07) is 5.52. The number of aliphatic hydroxyl groups excluding tert-OH is 1. The number of halogens is 1. The average molecular weight is 324 g/mol. The fourth-order valence-corrected chi connectivity index (χ4v) is 2.92. The predicted octanol–water partition coefficient (Wildman–Crippen LogP) is 1.52. The van der Waals surface area contributed by atoms with Crippen molar-refractivity contribution in [3.05, 3.63) is 35.6 Å². The molecule has 1 aromatic rings. The van der Waals surface area contributed by atoms with Crippen LogP contribution >= 0.6 is 0 Å². The molecule has 0 spiro atoms. The first-order chi connectivity index (χ1) is 11.0. The Morgan fingerprint density at radius 2 is 2.00 bits per heavy atom. The molecular weight excluding hydrogens is 299 g/mol. The molecule has 0 radical (unpaired) electrons. The maximum absolute atomic E-state index is 12.9. The number of ether oxygens (including phenoxy) is 1. The third-order valence-electron chi connectivity index (χ3n) is 4.42. The van der Waals surface area contributed by atoms with E-state index in [1.807, 2.05) is 6.92 Å². The molecule has 3 N–H and O–H groups in total. The van der Waals surface area contributed by atoms with E-state index < -0.39 is 11.7 Å². The zero-order valence-electron chi connectivity index (χ0n) is 13.6. The number of carbonyl (C=O) groups excluding carboxylic acids is 1. The van der Waals surface area contributed by atoms with Gasteiger partial charge in [0.15, 0.2) is 0 Å². The minimum Gasteiger partial charge on any atom is -0.388 e. The molecule has 0 aliphatic carbocycles. The van der Waals surface area contributed by atoms with E-state index in [0.29, 0.717) is 24.8 Å². The predicted molar refractivity (Wildman–Crippen MR) is 85.4 cm³/mol. The van der Waals surface area contributed by atoms with E-state index in [1.54, 1.807) is 19.2 Å². The summed E-state index contributed by atoms with van der Waals surface area (Å²) in [7, 11) is 1.56. The lowest BCUT2D eigenvalue weighted by Gasteiger charge is -2.35. The van der Waals surface area contributed by atoms with E-state index in [0.717, 1.165) is 13.1 Å². The Balaban J connectivity index is 1.91. The summed E-state index contributed by atoms with van der Waals surface area (Å²) >= 11 is 0. The van der Waals surface area contributed by atoms with Crippen LogP contribution in [-0.4, -0.2) is 42.9 Å². The number of amides is 1. The van der Waals surface area contributed by atoms with Gasteiger partial charge in [0.05, 0.1) is 6.10 Å². The summed E-state index contributed by atoms with van der Waals surface area (Å²) in [5.74, 6) is -0.476. The van der Waals surface area contributed by atoms with Crippen LogP contribution in [0.1, 0.15) is 37.9 Å². The van der Waals surface area contributed by atoms with E-state index in [9.17, 15) is 14.3 Å². The van der Waals surface area contributed by atoms with Gasteiger partial charge < -0.3 is 20.5 Å². The van der Waals surface area contributed by atoms with Gasteiger partial charge in [0.1, 0.15) is 11.4 Å². The Morgan fingerprint density at radius 3 is 2.57 bits per heavy atom. The van der Waals surface area contributed by atoms with Crippen LogP contribution in [0.25, 0.3) is 0 Å². The molecule has 0 saturated carbocycles. The van der Waals surface area contributed by atoms with Gasteiger partial charge in [-0.1, -0.05) is 12.1 Å². The lowest BCUT2D eigenvalue weighted by atomic mass is 9.90. The van der Waals surface area contributed by atoms with Crippen molar-refractivity contribution in [3.63, 3.8) is 0 Å². The molecule has 23 heavy (non-hydrogen) atoms. The van der Waals surface area contributed by atoms with Crippen molar-refractivity contribution in [2.45, 2.75) is 43.9 Å². The van der Waals surface area contributed by atoms with Crippen LogP contribution in [0.3, 0.4) is 0 Å². The first-order valence-corrected chi connectivity index (χ1v) is 7.97. The molecule has 5 nitrogen and oxygen atoms in total. The molecule has 1 fully saturated rings. The van der Waals surface area contributed by atoms with Crippen molar-refractivity contribution in [2.24, 2.45) is 0 Å². The summed E-state index contributed by atoms with van der Waals surface area (Å²) in [5, 5.41) is 16.3. The highest BCUT2D eigenvalue weighted by atomic mass is 19.1. The van der Waals surface area contributed by atoms with Crippen LogP contribution in [0.15, 0.2) is 24.3 Å². The average Bonchev–Trinajstić information content (AvgIpc) is 2.55. The molecule has 2 unspecified atom stereocenters. The van der Waals surface area contributed by atoms with Crippen molar-refractivity contribution in [3.8, 4) is 0 Å². The van der Waals surface area contributed by atoms with Gasteiger partial charge in [-0.25, -0.2) is 4.39 Å².